The van der Waals surface area contributed by atoms with Gasteiger partial charge in [0.1, 0.15) is 0 Å². The summed E-state index contributed by atoms with van der Waals surface area (Å²) >= 11 is 0. The van der Waals surface area contributed by atoms with Crippen molar-refractivity contribution in [3.63, 3.8) is 0 Å². The van der Waals surface area contributed by atoms with Gasteiger partial charge >= 0.3 is 5.97 Å². The molecule has 0 atom stereocenters. The maximum Gasteiger partial charge on any atom is 0.311 e. The van der Waals surface area contributed by atoms with Crippen LogP contribution in [0.15, 0.2) is 30.3 Å². The Morgan fingerprint density at radius 1 is 0.548 bits per heavy atom. The second-order valence-electron chi connectivity index (χ2n) is 10.9. The molecule has 0 radical (unpaired) electrons. The molecule has 234 valence electrons. The van der Waals surface area contributed by atoms with E-state index in [0.29, 0.717) is 35.2 Å². The van der Waals surface area contributed by atoms with Crippen molar-refractivity contribution < 1.29 is 28.5 Å². The van der Waals surface area contributed by atoms with Crippen LogP contribution in [0.4, 0.5) is 0 Å². The monoisotopic (exact) mass is 582 g/mol. The predicted octanol–water partition coefficient (Wildman–Crippen LogP) is 10.1. The van der Waals surface area contributed by atoms with Crippen molar-refractivity contribution in [3.8, 4) is 28.7 Å². The predicted molar refractivity (Wildman–Crippen MR) is 173 cm³/mol. The van der Waals surface area contributed by atoms with Gasteiger partial charge < -0.3 is 23.7 Å². The molecule has 2 aromatic carbocycles. The van der Waals surface area contributed by atoms with Gasteiger partial charge in [0.05, 0.1) is 28.4 Å². The molecule has 0 N–H and O–H groups in total. The molecule has 0 amide bonds. The lowest BCUT2D eigenvalue weighted by atomic mass is 10.0. The van der Waals surface area contributed by atoms with Gasteiger partial charge in [0.25, 0.3) is 0 Å². The molecule has 0 heterocycles. The number of unbranched alkanes of at least 4 members (excludes halogenated alkanes) is 14. The first-order valence-corrected chi connectivity index (χ1v) is 15.9. The molecule has 0 aromatic heterocycles. The normalized spacial score (nSPS) is 11.1. The molecule has 0 saturated heterocycles. The van der Waals surface area contributed by atoms with Crippen LogP contribution < -0.4 is 23.7 Å². The Bertz CT molecular complexity index is 1040. The minimum absolute atomic E-state index is 0.219. The number of hydrogen-bond donors (Lipinski definition) is 0. The topological polar surface area (TPSA) is 63.2 Å². The second-order valence-corrected chi connectivity index (χ2v) is 10.9. The van der Waals surface area contributed by atoms with Crippen molar-refractivity contribution in [2.24, 2.45) is 0 Å². The van der Waals surface area contributed by atoms with Crippen LogP contribution in [0.3, 0.4) is 0 Å². The molecule has 0 aliphatic heterocycles. The van der Waals surface area contributed by atoms with Gasteiger partial charge in [-0.1, -0.05) is 115 Å². The molecule has 2 rings (SSSR count). The first kappa shape index (κ1) is 35.0. The summed E-state index contributed by atoms with van der Waals surface area (Å²) in [5.41, 5.74) is 1.80. The third-order valence-electron chi connectivity index (χ3n) is 7.55. The van der Waals surface area contributed by atoms with Gasteiger partial charge in [-0.25, -0.2) is 0 Å². The molecule has 42 heavy (non-hydrogen) atoms. The lowest BCUT2D eigenvalue weighted by Crippen LogP contribution is -2.08. The SMILES string of the molecule is CCCCCCCCCCCCCCCCCC(=O)Oc1ccc(/C=C\c2cc(OC)c(OC)c(OC)c2)cc1OC. The van der Waals surface area contributed by atoms with E-state index >= 15 is 0 Å². The highest BCUT2D eigenvalue weighted by Gasteiger charge is 2.13. The minimum atomic E-state index is -0.219. The summed E-state index contributed by atoms with van der Waals surface area (Å²) in [6.07, 6.45) is 23.8. The fraction of sp³-hybridized carbons (Fsp3) is 0.583. The number of methoxy groups -OCH3 is 4. The number of rotatable bonds is 23. The second kappa shape index (κ2) is 21.5. The van der Waals surface area contributed by atoms with Crippen LogP contribution in [0.1, 0.15) is 121 Å². The molecule has 2 aromatic rings. The Morgan fingerprint density at radius 2 is 1.00 bits per heavy atom. The van der Waals surface area contributed by atoms with Gasteiger partial charge in [0, 0.05) is 6.42 Å². The fourth-order valence-electron chi connectivity index (χ4n) is 5.08. The van der Waals surface area contributed by atoms with E-state index in [1.54, 1.807) is 34.5 Å². The van der Waals surface area contributed by atoms with Gasteiger partial charge in [0.15, 0.2) is 23.0 Å². The van der Waals surface area contributed by atoms with E-state index in [0.717, 1.165) is 24.0 Å². The maximum atomic E-state index is 12.5. The Labute approximate surface area is 254 Å². The molecule has 0 aliphatic carbocycles. The summed E-state index contributed by atoms with van der Waals surface area (Å²) in [6.45, 7) is 2.27. The minimum Gasteiger partial charge on any atom is -0.493 e. The lowest BCUT2D eigenvalue weighted by Gasteiger charge is -2.13. The van der Waals surface area contributed by atoms with E-state index < -0.39 is 0 Å². The molecule has 6 nitrogen and oxygen atoms in total. The number of ether oxygens (including phenoxy) is 5. The van der Waals surface area contributed by atoms with Gasteiger partial charge in [-0.3, -0.25) is 4.79 Å². The smallest absolute Gasteiger partial charge is 0.311 e. The van der Waals surface area contributed by atoms with Crippen LogP contribution in [0.2, 0.25) is 0 Å². The molecular weight excluding hydrogens is 528 g/mol. The number of carbonyl (C=O) groups excluding carboxylic acids is 1. The fourth-order valence-corrected chi connectivity index (χ4v) is 5.08. The van der Waals surface area contributed by atoms with E-state index in [2.05, 4.69) is 6.92 Å². The number of benzene rings is 2. The lowest BCUT2D eigenvalue weighted by molar-refractivity contribution is -0.134. The average Bonchev–Trinajstić information content (AvgIpc) is 3.01. The standard InChI is InChI=1S/C36H54O6/c1-6-7-8-9-10-11-12-13-14-15-16-17-18-19-20-21-35(37)42-31-25-24-29(26-32(31)38-2)22-23-30-27-33(39-3)36(41-5)34(28-30)40-4/h22-28H,6-21H2,1-5H3/b23-22-. The van der Waals surface area contributed by atoms with Crippen molar-refractivity contribution in [2.45, 2.75) is 110 Å². The Balaban J connectivity index is 1.68. The van der Waals surface area contributed by atoms with E-state index in [1.807, 2.05) is 36.4 Å². The van der Waals surface area contributed by atoms with Crippen LogP contribution in [0.25, 0.3) is 12.2 Å². The summed E-state index contributed by atoms with van der Waals surface area (Å²) in [7, 11) is 6.34. The first-order valence-electron chi connectivity index (χ1n) is 15.9. The summed E-state index contributed by atoms with van der Waals surface area (Å²) in [6, 6.07) is 9.28. The molecule has 0 bridgehead atoms. The van der Waals surface area contributed by atoms with Gasteiger partial charge in [-0.05, 0) is 41.8 Å². The molecule has 0 spiro atoms. The van der Waals surface area contributed by atoms with E-state index in [1.165, 1.54) is 83.5 Å². The number of esters is 1. The van der Waals surface area contributed by atoms with Crippen LogP contribution in [-0.4, -0.2) is 34.4 Å². The van der Waals surface area contributed by atoms with Crippen LogP contribution in [-0.2, 0) is 4.79 Å². The Kier molecular flexibility index (Phi) is 18.0. The van der Waals surface area contributed by atoms with Crippen LogP contribution in [0.5, 0.6) is 28.7 Å². The highest BCUT2D eigenvalue weighted by molar-refractivity contribution is 5.76. The zero-order chi connectivity index (χ0) is 30.4. The molecule has 0 unspecified atom stereocenters. The molecule has 6 heteroatoms. The summed E-state index contributed by atoms with van der Waals surface area (Å²) < 4.78 is 27.4. The molecule has 0 fully saturated rings. The molecule has 0 saturated carbocycles. The van der Waals surface area contributed by atoms with E-state index in [4.69, 9.17) is 23.7 Å². The van der Waals surface area contributed by atoms with Crippen molar-refractivity contribution >= 4 is 18.1 Å². The average molecular weight is 583 g/mol. The molecular formula is C36H54O6. The Morgan fingerprint density at radius 3 is 1.48 bits per heavy atom. The van der Waals surface area contributed by atoms with Crippen molar-refractivity contribution in [2.75, 3.05) is 28.4 Å². The number of hydrogen-bond acceptors (Lipinski definition) is 6. The van der Waals surface area contributed by atoms with Crippen molar-refractivity contribution in [1.29, 1.82) is 0 Å². The first-order chi connectivity index (χ1) is 20.6. The largest absolute Gasteiger partial charge is 0.493 e. The zero-order valence-electron chi connectivity index (χ0n) is 26.8. The van der Waals surface area contributed by atoms with Crippen molar-refractivity contribution in [3.05, 3.63) is 41.5 Å². The highest BCUT2D eigenvalue weighted by Crippen LogP contribution is 2.39. The van der Waals surface area contributed by atoms with Gasteiger partial charge in [-0.15, -0.1) is 0 Å². The van der Waals surface area contributed by atoms with Crippen molar-refractivity contribution in [1.82, 2.24) is 0 Å². The van der Waals surface area contributed by atoms with Gasteiger partial charge in [0.2, 0.25) is 5.75 Å². The number of carbonyl (C=O) groups is 1. The molecule has 0 aliphatic rings. The highest BCUT2D eigenvalue weighted by atomic mass is 16.6. The van der Waals surface area contributed by atoms with Crippen LogP contribution in [0, 0.1) is 0 Å². The zero-order valence-corrected chi connectivity index (χ0v) is 26.8. The maximum absolute atomic E-state index is 12.5. The van der Waals surface area contributed by atoms with E-state index in [-0.39, 0.29) is 5.97 Å². The van der Waals surface area contributed by atoms with Crippen LogP contribution >= 0.6 is 0 Å². The quantitative estimate of drug-likeness (QED) is 0.0562. The Hall–Kier alpha value is -3.15. The van der Waals surface area contributed by atoms with E-state index in [9.17, 15) is 4.79 Å². The summed E-state index contributed by atoms with van der Waals surface area (Å²) in [5, 5.41) is 0. The third kappa shape index (κ3) is 13.2. The third-order valence-corrected chi connectivity index (χ3v) is 7.55. The summed E-state index contributed by atoms with van der Waals surface area (Å²) in [5.74, 6) is 2.47. The summed E-state index contributed by atoms with van der Waals surface area (Å²) in [4.78, 5) is 12.5. The van der Waals surface area contributed by atoms with Gasteiger partial charge in [-0.2, -0.15) is 0 Å².